The monoisotopic (exact) mass is 533 g/mol. The Bertz CT molecular complexity index is 1010. The number of hydrogen-bond acceptors (Lipinski definition) is 8. The molecule has 2 heterocycles. The molecule has 210 valence electrons. The van der Waals surface area contributed by atoms with Crippen molar-refractivity contribution in [3.05, 3.63) is 36.4 Å². The molecule has 0 fully saturated rings. The first-order valence-electron chi connectivity index (χ1n) is 12.6. The number of nitrogens with two attached hydrogens (primary N) is 2. The highest BCUT2D eigenvalue weighted by atomic mass is 16.4. The number of H-pyrrole nitrogens is 2. The van der Waals surface area contributed by atoms with Crippen molar-refractivity contribution >= 4 is 23.7 Å². The number of aromatic nitrogens is 4. The smallest absolute Gasteiger partial charge is 0.326 e. The molecule has 14 heteroatoms. The van der Waals surface area contributed by atoms with E-state index in [2.05, 4.69) is 35.9 Å². The Labute approximate surface area is 221 Å². The van der Waals surface area contributed by atoms with Gasteiger partial charge in [-0.1, -0.05) is 13.8 Å². The summed E-state index contributed by atoms with van der Waals surface area (Å²) in [7, 11) is 0. The van der Waals surface area contributed by atoms with Crippen LogP contribution in [0.3, 0.4) is 0 Å². The highest BCUT2D eigenvalue weighted by Gasteiger charge is 2.31. The van der Waals surface area contributed by atoms with Crippen LogP contribution in [-0.4, -0.2) is 79.4 Å². The third kappa shape index (κ3) is 10.3. The molecule has 0 saturated carbocycles. The summed E-state index contributed by atoms with van der Waals surface area (Å²) in [5.74, 6) is -2.93. The molecule has 3 amide bonds. The molecule has 4 atom stereocenters. The topological polar surface area (TPSA) is 234 Å². The fourth-order valence-electron chi connectivity index (χ4n) is 3.83. The number of aromatic amines is 2. The van der Waals surface area contributed by atoms with Crippen LogP contribution >= 0.6 is 0 Å². The summed E-state index contributed by atoms with van der Waals surface area (Å²) >= 11 is 0. The summed E-state index contributed by atoms with van der Waals surface area (Å²) in [4.78, 5) is 64.5. The lowest BCUT2D eigenvalue weighted by atomic mass is 10.0. The number of carbonyl (C=O) groups excluding carboxylic acids is 3. The minimum absolute atomic E-state index is 0.0358. The van der Waals surface area contributed by atoms with Gasteiger partial charge in [0.2, 0.25) is 17.7 Å². The van der Waals surface area contributed by atoms with Crippen LogP contribution in [0.15, 0.2) is 25.0 Å². The van der Waals surface area contributed by atoms with E-state index < -0.39 is 47.9 Å². The van der Waals surface area contributed by atoms with Crippen molar-refractivity contribution in [3.8, 4) is 0 Å². The Morgan fingerprint density at radius 3 is 1.95 bits per heavy atom. The lowest BCUT2D eigenvalue weighted by molar-refractivity contribution is -0.142. The molecule has 0 aromatic carbocycles. The van der Waals surface area contributed by atoms with Gasteiger partial charge in [0.05, 0.1) is 18.7 Å². The first kappa shape index (κ1) is 30.4. The summed E-state index contributed by atoms with van der Waals surface area (Å²) in [6.07, 6.45) is 7.85. The Hall–Kier alpha value is -3.78. The van der Waals surface area contributed by atoms with Gasteiger partial charge in [0.1, 0.15) is 18.1 Å². The predicted molar refractivity (Wildman–Crippen MR) is 138 cm³/mol. The second-order valence-electron chi connectivity index (χ2n) is 9.60. The number of aliphatic carboxylic acids is 1. The average molecular weight is 534 g/mol. The number of nitrogens with one attached hydrogen (secondary N) is 5. The molecule has 0 bridgehead atoms. The zero-order valence-corrected chi connectivity index (χ0v) is 21.8. The standard InChI is InChI=1S/C24H39N9O5/c1-14(2)7-19(32-21(34)17(26)8-15-10-27-12-29-15)22(35)33-20(9-16-11-28-13-30-16)23(36)31-18(24(37)38)5-3-4-6-25/h10-14,17-20H,3-9,25-26H2,1-2H3,(H,27,29)(H,28,30)(H,31,36)(H,32,34)(H,33,35)(H,37,38). The number of carboxylic acid groups (broad SMARTS) is 1. The SMILES string of the molecule is CC(C)CC(NC(=O)C(N)Cc1cnc[nH]1)C(=O)NC(Cc1cnc[nH]1)C(=O)NC(CCCCN)C(=O)O. The summed E-state index contributed by atoms with van der Waals surface area (Å²) in [6, 6.07) is -4.15. The number of hydrogen-bond donors (Lipinski definition) is 8. The van der Waals surface area contributed by atoms with Crippen molar-refractivity contribution in [1.29, 1.82) is 0 Å². The van der Waals surface area contributed by atoms with E-state index in [1.165, 1.54) is 18.9 Å². The predicted octanol–water partition coefficient (Wildman–Crippen LogP) is -1.04. The number of unbranched alkanes of at least 4 members (excludes halogenated alkanes) is 1. The van der Waals surface area contributed by atoms with Crippen molar-refractivity contribution in [3.63, 3.8) is 0 Å². The third-order valence-corrected chi connectivity index (χ3v) is 5.84. The van der Waals surface area contributed by atoms with Gasteiger partial charge in [-0.2, -0.15) is 0 Å². The van der Waals surface area contributed by atoms with Crippen molar-refractivity contribution in [1.82, 2.24) is 35.9 Å². The van der Waals surface area contributed by atoms with Crippen molar-refractivity contribution < 1.29 is 24.3 Å². The maximum Gasteiger partial charge on any atom is 0.326 e. The van der Waals surface area contributed by atoms with E-state index in [-0.39, 0.29) is 25.2 Å². The van der Waals surface area contributed by atoms with E-state index >= 15 is 0 Å². The average Bonchev–Trinajstić information content (AvgIpc) is 3.56. The fourth-order valence-corrected chi connectivity index (χ4v) is 3.83. The quantitative estimate of drug-likeness (QED) is 0.116. The van der Waals surface area contributed by atoms with Gasteiger partial charge in [-0.05, 0) is 38.1 Å². The Kier molecular flexibility index (Phi) is 12.4. The van der Waals surface area contributed by atoms with Crippen LogP contribution in [0.1, 0.15) is 50.9 Å². The lowest BCUT2D eigenvalue weighted by Crippen LogP contribution is -2.58. The zero-order valence-electron chi connectivity index (χ0n) is 21.8. The molecule has 2 rings (SSSR count). The lowest BCUT2D eigenvalue weighted by Gasteiger charge is -2.26. The minimum atomic E-state index is -1.18. The van der Waals surface area contributed by atoms with Gasteiger partial charge in [-0.25, -0.2) is 14.8 Å². The van der Waals surface area contributed by atoms with Crippen LogP contribution in [0, 0.1) is 5.92 Å². The summed E-state index contributed by atoms with van der Waals surface area (Å²) < 4.78 is 0. The second-order valence-corrected chi connectivity index (χ2v) is 9.60. The Morgan fingerprint density at radius 1 is 0.868 bits per heavy atom. The van der Waals surface area contributed by atoms with E-state index in [0.29, 0.717) is 37.2 Å². The Balaban J connectivity index is 2.14. The van der Waals surface area contributed by atoms with Crippen LogP contribution in [0.25, 0.3) is 0 Å². The zero-order chi connectivity index (χ0) is 28.1. The van der Waals surface area contributed by atoms with E-state index in [1.807, 2.05) is 13.8 Å². The fraction of sp³-hybridized carbons (Fsp3) is 0.583. The van der Waals surface area contributed by atoms with Crippen LogP contribution in [0.2, 0.25) is 0 Å². The number of rotatable bonds is 17. The summed E-state index contributed by atoms with van der Waals surface area (Å²) in [5, 5.41) is 17.4. The molecular formula is C24H39N9O5. The number of nitrogens with zero attached hydrogens (tertiary/aromatic N) is 2. The van der Waals surface area contributed by atoms with Gasteiger partial charge in [-0.15, -0.1) is 0 Å². The van der Waals surface area contributed by atoms with Gasteiger partial charge in [0.25, 0.3) is 0 Å². The molecule has 38 heavy (non-hydrogen) atoms. The van der Waals surface area contributed by atoms with Crippen molar-refractivity contribution in [2.45, 2.75) is 76.5 Å². The molecule has 2 aromatic heterocycles. The van der Waals surface area contributed by atoms with Crippen LogP contribution in [0.4, 0.5) is 0 Å². The minimum Gasteiger partial charge on any atom is -0.480 e. The molecule has 0 aliphatic heterocycles. The molecule has 0 spiro atoms. The maximum atomic E-state index is 13.3. The molecule has 4 unspecified atom stereocenters. The Morgan fingerprint density at radius 2 is 1.42 bits per heavy atom. The van der Waals surface area contributed by atoms with Gasteiger partial charge in [-0.3, -0.25) is 14.4 Å². The number of carboxylic acids is 1. The largest absolute Gasteiger partial charge is 0.480 e. The highest BCUT2D eigenvalue weighted by Crippen LogP contribution is 2.09. The van der Waals surface area contributed by atoms with E-state index in [9.17, 15) is 24.3 Å². The molecule has 2 aromatic rings. The van der Waals surface area contributed by atoms with E-state index in [0.717, 1.165) is 0 Å². The first-order chi connectivity index (χ1) is 18.1. The number of carbonyl (C=O) groups is 4. The van der Waals surface area contributed by atoms with Gasteiger partial charge in [0.15, 0.2) is 0 Å². The normalized spacial score (nSPS) is 14.3. The summed E-state index contributed by atoms with van der Waals surface area (Å²) in [5.41, 5.74) is 12.8. The highest BCUT2D eigenvalue weighted by molar-refractivity contribution is 5.94. The molecule has 0 aliphatic rings. The molecule has 14 nitrogen and oxygen atoms in total. The van der Waals surface area contributed by atoms with Crippen molar-refractivity contribution in [2.75, 3.05) is 6.54 Å². The van der Waals surface area contributed by atoms with Crippen LogP contribution in [-0.2, 0) is 32.0 Å². The first-order valence-corrected chi connectivity index (χ1v) is 12.6. The van der Waals surface area contributed by atoms with Gasteiger partial charge < -0.3 is 42.5 Å². The number of imidazole rings is 2. The van der Waals surface area contributed by atoms with Gasteiger partial charge >= 0.3 is 5.97 Å². The summed E-state index contributed by atoms with van der Waals surface area (Å²) in [6.45, 7) is 4.20. The van der Waals surface area contributed by atoms with Crippen molar-refractivity contribution in [2.24, 2.45) is 17.4 Å². The molecule has 10 N–H and O–H groups in total. The van der Waals surface area contributed by atoms with Crippen LogP contribution in [0.5, 0.6) is 0 Å². The third-order valence-electron chi connectivity index (χ3n) is 5.84. The van der Waals surface area contributed by atoms with E-state index in [4.69, 9.17) is 11.5 Å². The molecular weight excluding hydrogens is 494 g/mol. The molecule has 0 aliphatic carbocycles. The molecule has 0 saturated heterocycles. The second kappa shape index (κ2) is 15.5. The van der Waals surface area contributed by atoms with Gasteiger partial charge in [0, 0.05) is 36.6 Å². The van der Waals surface area contributed by atoms with Crippen LogP contribution < -0.4 is 27.4 Å². The number of amides is 3. The maximum absolute atomic E-state index is 13.3. The molecule has 0 radical (unpaired) electrons. The van der Waals surface area contributed by atoms with E-state index in [1.54, 1.807) is 6.20 Å².